The number of hydrogen-bond donors (Lipinski definition) is 2. The third-order valence-electron chi connectivity index (χ3n) is 4.18. The summed E-state index contributed by atoms with van der Waals surface area (Å²) in [6.07, 6.45) is 4.61. The van der Waals surface area contributed by atoms with Crippen LogP contribution in [0.25, 0.3) is 10.1 Å². The Hall–Kier alpha value is -1.10. The number of fused-ring (bicyclic) bond motifs is 1. The lowest BCUT2D eigenvalue weighted by Crippen LogP contribution is -2.44. The normalized spacial score (nSPS) is 21.8. The molecule has 2 aromatic rings. The number of nitrogens with two attached hydrogens (primary N) is 1. The molecule has 3 nitrogen and oxygen atoms in total. The van der Waals surface area contributed by atoms with Gasteiger partial charge in [-0.1, -0.05) is 31.0 Å². The number of thiophene rings is 1. The summed E-state index contributed by atoms with van der Waals surface area (Å²) < 4.78 is 1.16. The minimum atomic E-state index is 0. The van der Waals surface area contributed by atoms with Gasteiger partial charge in [-0.15, -0.1) is 23.7 Å². The SMILES string of the molecule is Cl.NCC1CCCCC1NC(=O)c1cc2ccccc2s1. The summed E-state index contributed by atoms with van der Waals surface area (Å²) in [5, 5.41) is 4.33. The number of carbonyl (C=O) groups excluding carboxylic acids is 1. The van der Waals surface area contributed by atoms with Crippen molar-refractivity contribution < 1.29 is 4.79 Å². The predicted molar refractivity (Wildman–Crippen MR) is 91.3 cm³/mol. The largest absolute Gasteiger partial charge is 0.348 e. The Balaban J connectivity index is 0.00000161. The van der Waals surface area contributed by atoms with Crippen molar-refractivity contribution in [2.24, 2.45) is 11.7 Å². The fourth-order valence-electron chi connectivity index (χ4n) is 3.01. The zero-order chi connectivity index (χ0) is 13.9. The topological polar surface area (TPSA) is 55.1 Å². The summed E-state index contributed by atoms with van der Waals surface area (Å²) in [6.45, 7) is 0.664. The van der Waals surface area contributed by atoms with Gasteiger partial charge in [0.05, 0.1) is 4.88 Å². The molecule has 0 saturated heterocycles. The number of rotatable bonds is 3. The van der Waals surface area contributed by atoms with Crippen LogP contribution in [0.4, 0.5) is 0 Å². The fourth-order valence-corrected chi connectivity index (χ4v) is 3.98. The number of benzene rings is 1. The van der Waals surface area contributed by atoms with Crippen LogP contribution in [0.15, 0.2) is 30.3 Å². The van der Waals surface area contributed by atoms with E-state index in [1.165, 1.54) is 12.8 Å². The average molecular weight is 325 g/mol. The molecule has 1 aromatic carbocycles. The Morgan fingerprint density at radius 2 is 2.05 bits per heavy atom. The maximum Gasteiger partial charge on any atom is 0.261 e. The molecule has 0 bridgehead atoms. The van der Waals surface area contributed by atoms with Gasteiger partial charge in [0.2, 0.25) is 0 Å². The van der Waals surface area contributed by atoms with Gasteiger partial charge in [-0.2, -0.15) is 0 Å². The molecule has 114 valence electrons. The highest BCUT2D eigenvalue weighted by Gasteiger charge is 2.26. The van der Waals surface area contributed by atoms with Gasteiger partial charge >= 0.3 is 0 Å². The molecule has 2 atom stereocenters. The molecule has 1 aromatic heterocycles. The van der Waals surface area contributed by atoms with Crippen LogP contribution in [0, 0.1) is 5.92 Å². The molecule has 21 heavy (non-hydrogen) atoms. The number of halogens is 1. The molecule has 0 radical (unpaired) electrons. The van der Waals surface area contributed by atoms with Gasteiger partial charge < -0.3 is 11.1 Å². The number of nitrogens with one attached hydrogen (secondary N) is 1. The first-order valence-electron chi connectivity index (χ1n) is 7.27. The Kier molecular flexibility index (Phi) is 5.62. The van der Waals surface area contributed by atoms with Crippen LogP contribution in [-0.4, -0.2) is 18.5 Å². The van der Waals surface area contributed by atoms with E-state index in [2.05, 4.69) is 11.4 Å². The monoisotopic (exact) mass is 324 g/mol. The van der Waals surface area contributed by atoms with Crippen LogP contribution >= 0.6 is 23.7 Å². The third kappa shape index (κ3) is 3.57. The second-order valence-corrected chi connectivity index (χ2v) is 6.59. The van der Waals surface area contributed by atoms with Crippen LogP contribution in [0.1, 0.15) is 35.4 Å². The molecule has 3 N–H and O–H groups in total. The van der Waals surface area contributed by atoms with Gasteiger partial charge in [0.15, 0.2) is 0 Å². The van der Waals surface area contributed by atoms with Crippen LogP contribution in [0.5, 0.6) is 0 Å². The Morgan fingerprint density at radius 3 is 2.81 bits per heavy atom. The zero-order valence-electron chi connectivity index (χ0n) is 11.9. The predicted octanol–water partition coefficient (Wildman–Crippen LogP) is 3.57. The summed E-state index contributed by atoms with van der Waals surface area (Å²) in [5.41, 5.74) is 5.82. The highest BCUT2D eigenvalue weighted by Crippen LogP contribution is 2.27. The van der Waals surface area contributed by atoms with Crippen LogP contribution < -0.4 is 11.1 Å². The van der Waals surface area contributed by atoms with Crippen molar-refractivity contribution in [3.8, 4) is 0 Å². The molecule has 1 saturated carbocycles. The van der Waals surface area contributed by atoms with Crippen molar-refractivity contribution in [1.82, 2.24) is 5.32 Å². The van der Waals surface area contributed by atoms with Crippen LogP contribution in [-0.2, 0) is 0 Å². The van der Waals surface area contributed by atoms with Gasteiger partial charge in [-0.3, -0.25) is 4.79 Å². The van der Waals surface area contributed by atoms with Gasteiger partial charge in [0, 0.05) is 10.7 Å². The quantitative estimate of drug-likeness (QED) is 0.906. The highest BCUT2D eigenvalue weighted by atomic mass is 35.5. The molecule has 3 rings (SSSR count). The summed E-state index contributed by atoms with van der Waals surface area (Å²) in [5.74, 6) is 0.485. The first-order chi connectivity index (χ1) is 9.78. The van der Waals surface area contributed by atoms with Gasteiger partial charge in [0.25, 0.3) is 5.91 Å². The molecule has 1 aliphatic carbocycles. The van der Waals surface area contributed by atoms with E-state index in [9.17, 15) is 4.79 Å². The summed E-state index contributed by atoms with van der Waals surface area (Å²) in [4.78, 5) is 13.2. The fraction of sp³-hybridized carbons (Fsp3) is 0.438. The molecule has 1 amide bonds. The van der Waals surface area contributed by atoms with Gasteiger partial charge in [-0.05, 0) is 42.8 Å². The van der Waals surface area contributed by atoms with Gasteiger partial charge in [-0.25, -0.2) is 0 Å². The van der Waals surface area contributed by atoms with Crippen LogP contribution in [0.2, 0.25) is 0 Å². The smallest absolute Gasteiger partial charge is 0.261 e. The third-order valence-corrected chi connectivity index (χ3v) is 5.29. The Morgan fingerprint density at radius 1 is 1.29 bits per heavy atom. The number of hydrogen-bond acceptors (Lipinski definition) is 3. The molecule has 1 heterocycles. The van der Waals surface area contributed by atoms with Crippen molar-refractivity contribution in [3.05, 3.63) is 35.2 Å². The second kappa shape index (κ2) is 7.25. The highest BCUT2D eigenvalue weighted by molar-refractivity contribution is 7.20. The standard InChI is InChI=1S/C16H20N2OS.ClH/c17-10-12-6-1-3-7-13(12)18-16(19)15-9-11-5-2-4-8-14(11)20-15;/h2,4-5,8-9,12-13H,1,3,6-7,10,17H2,(H,18,19);1H. The van der Waals surface area contributed by atoms with E-state index in [0.717, 1.165) is 27.8 Å². The molecule has 1 fully saturated rings. The van der Waals surface area contributed by atoms with Crippen molar-refractivity contribution >= 4 is 39.7 Å². The summed E-state index contributed by atoms with van der Waals surface area (Å²) in [7, 11) is 0. The number of amides is 1. The molecule has 0 spiro atoms. The number of carbonyl (C=O) groups is 1. The summed E-state index contributed by atoms with van der Waals surface area (Å²) in [6, 6.07) is 10.3. The maximum absolute atomic E-state index is 12.4. The Bertz CT molecular complexity index is 580. The average Bonchev–Trinajstić information content (AvgIpc) is 2.92. The minimum absolute atomic E-state index is 0. The molecule has 1 aliphatic rings. The van der Waals surface area contributed by atoms with E-state index in [-0.39, 0.29) is 24.4 Å². The first kappa shape index (κ1) is 16.3. The van der Waals surface area contributed by atoms with Crippen molar-refractivity contribution in [1.29, 1.82) is 0 Å². The Labute approximate surface area is 135 Å². The van der Waals surface area contributed by atoms with E-state index in [4.69, 9.17) is 5.73 Å². The zero-order valence-corrected chi connectivity index (χ0v) is 13.5. The van der Waals surface area contributed by atoms with Crippen molar-refractivity contribution in [2.75, 3.05) is 6.54 Å². The molecule has 2 unspecified atom stereocenters. The lowest BCUT2D eigenvalue weighted by molar-refractivity contribution is 0.0912. The lowest BCUT2D eigenvalue weighted by atomic mass is 9.84. The van der Waals surface area contributed by atoms with E-state index >= 15 is 0 Å². The minimum Gasteiger partial charge on any atom is -0.348 e. The molecular formula is C16H21ClN2OS. The van der Waals surface area contributed by atoms with E-state index in [0.29, 0.717) is 12.5 Å². The van der Waals surface area contributed by atoms with E-state index in [1.54, 1.807) is 11.3 Å². The molecule has 0 aliphatic heterocycles. The molecular weight excluding hydrogens is 304 g/mol. The summed E-state index contributed by atoms with van der Waals surface area (Å²) >= 11 is 1.56. The van der Waals surface area contributed by atoms with E-state index in [1.807, 2.05) is 24.3 Å². The lowest BCUT2D eigenvalue weighted by Gasteiger charge is -2.31. The van der Waals surface area contributed by atoms with Gasteiger partial charge in [0.1, 0.15) is 0 Å². The molecule has 5 heteroatoms. The second-order valence-electron chi connectivity index (χ2n) is 5.51. The van der Waals surface area contributed by atoms with Crippen molar-refractivity contribution in [3.63, 3.8) is 0 Å². The van der Waals surface area contributed by atoms with Crippen molar-refractivity contribution in [2.45, 2.75) is 31.7 Å². The van der Waals surface area contributed by atoms with Crippen LogP contribution in [0.3, 0.4) is 0 Å². The first-order valence-corrected chi connectivity index (χ1v) is 8.09. The maximum atomic E-state index is 12.4. The van der Waals surface area contributed by atoms with E-state index < -0.39 is 0 Å².